The monoisotopic (exact) mass is 2120 g/mol. The van der Waals surface area contributed by atoms with E-state index < -0.39 is 63.7 Å². The van der Waals surface area contributed by atoms with Crippen LogP contribution in [0.5, 0.6) is 0 Å². The molecular formula is C99H89Br3Cl4N8O12S5. The fourth-order valence-corrected chi connectivity index (χ4v) is 22.7. The fraction of sp³-hybridized carbons (Fsp3) is 0.172. The largest absolute Gasteiger partial charge is 0.358 e. The Balaban J connectivity index is 0.000000149. The van der Waals surface area contributed by atoms with Gasteiger partial charge in [0.15, 0.2) is 0 Å². The lowest BCUT2D eigenvalue weighted by Crippen LogP contribution is -2.32. The molecule has 0 atom stereocenters. The Labute approximate surface area is 809 Å². The minimum Gasteiger partial charge on any atom is -0.358 e. The van der Waals surface area contributed by atoms with Crippen LogP contribution in [0.15, 0.2) is 265 Å². The third-order valence-corrected chi connectivity index (χ3v) is 31.7. The van der Waals surface area contributed by atoms with Crippen molar-refractivity contribution >= 4 is 224 Å². The van der Waals surface area contributed by atoms with Gasteiger partial charge in [-0.3, -0.25) is 19.2 Å². The lowest BCUT2D eigenvalue weighted by atomic mass is 9.98. The number of carbonyl (C=O) groups excluding carboxylic acids is 4. The summed E-state index contributed by atoms with van der Waals surface area (Å²) in [5.41, 5.74) is 19.7. The molecule has 5 aromatic heterocycles. The molecule has 0 bridgehead atoms. The topological polar surface area (TPSA) is 316 Å². The van der Waals surface area contributed by atoms with E-state index in [1.807, 2.05) is 146 Å². The van der Waals surface area contributed by atoms with E-state index in [0.29, 0.717) is 69.1 Å². The van der Waals surface area contributed by atoms with Gasteiger partial charge in [-0.05, 0) is 257 Å². The first kappa shape index (κ1) is 98.1. The van der Waals surface area contributed by atoms with Crippen molar-refractivity contribution in [3.05, 3.63) is 370 Å². The lowest BCUT2D eigenvalue weighted by Gasteiger charge is -2.09. The second-order valence-electron chi connectivity index (χ2n) is 31.4. The van der Waals surface area contributed by atoms with Crippen LogP contribution in [0.1, 0.15) is 160 Å². The summed E-state index contributed by atoms with van der Waals surface area (Å²) >= 11 is 36.7. The summed E-state index contributed by atoms with van der Waals surface area (Å²) in [5, 5.41) is 8.78. The number of hydrogen-bond donors (Lipinski definition) is 8. The molecule has 0 aliphatic carbocycles. The highest BCUT2D eigenvalue weighted by Gasteiger charge is 2.26. The molecule has 131 heavy (non-hydrogen) atoms. The van der Waals surface area contributed by atoms with Crippen molar-refractivity contribution in [2.75, 3.05) is 5.75 Å². The number of aromatic nitrogens is 4. The summed E-state index contributed by atoms with van der Waals surface area (Å²) in [4.78, 5) is 64.3. The molecule has 0 radical (unpaired) electrons. The van der Waals surface area contributed by atoms with Crippen LogP contribution in [-0.4, -0.2) is 83.0 Å². The van der Waals surface area contributed by atoms with Crippen molar-refractivity contribution < 1.29 is 52.8 Å². The van der Waals surface area contributed by atoms with Crippen molar-refractivity contribution in [3.8, 4) is 11.1 Å². The van der Waals surface area contributed by atoms with Crippen LogP contribution < -0.4 is 18.9 Å². The van der Waals surface area contributed by atoms with E-state index in [1.54, 1.807) is 84.9 Å². The highest BCUT2D eigenvalue weighted by molar-refractivity contribution is 9.11. The van der Waals surface area contributed by atoms with Gasteiger partial charge < -0.3 is 19.9 Å². The van der Waals surface area contributed by atoms with Gasteiger partial charge in [-0.15, -0.1) is 11.3 Å². The molecule has 16 aromatic rings. The number of nitrogens with one attached hydrogen (secondary N) is 8. The van der Waals surface area contributed by atoms with Gasteiger partial charge >= 0.3 is 0 Å². The number of unbranched alkanes of at least 4 members (excludes halogenated alkanes) is 3. The first-order chi connectivity index (χ1) is 62.3. The number of halogens is 7. The van der Waals surface area contributed by atoms with Gasteiger partial charge in [0, 0.05) is 148 Å². The number of carbonyl (C=O) groups is 4. The summed E-state index contributed by atoms with van der Waals surface area (Å²) in [6, 6.07) is 69.7. The molecule has 11 aromatic carbocycles. The number of rotatable bonds is 26. The number of benzene rings is 11. The summed E-state index contributed by atoms with van der Waals surface area (Å²) in [7, 11) is -15.5. The van der Waals surface area contributed by atoms with Gasteiger partial charge in [0.25, 0.3) is 53.7 Å². The minimum atomic E-state index is -4.00. The molecule has 8 N–H and O–H groups in total. The smallest absolute Gasteiger partial charge is 0.273 e. The van der Waals surface area contributed by atoms with Crippen molar-refractivity contribution in [1.29, 1.82) is 0 Å². The molecule has 0 aliphatic heterocycles. The van der Waals surface area contributed by atoms with Crippen molar-refractivity contribution in [1.82, 2.24) is 38.8 Å². The highest BCUT2D eigenvalue weighted by Crippen LogP contribution is 2.38. The molecule has 0 saturated carbocycles. The molecule has 0 fully saturated rings. The molecule has 676 valence electrons. The van der Waals surface area contributed by atoms with Gasteiger partial charge in [0.05, 0.1) is 15.0 Å². The van der Waals surface area contributed by atoms with E-state index in [4.69, 9.17) is 46.4 Å². The maximum atomic E-state index is 12.9. The van der Waals surface area contributed by atoms with Crippen LogP contribution in [0.4, 0.5) is 0 Å². The molecule has 20 nitrogen and oxygen atoms in total. The zero-order valence-corrected chi connectivity index (χ0v) is 83.6. The molecule has 0 aliphatic rings. The van der Waals surface area contributed by atoms with E-state index >= 15 is 0 Å². The zero-order chi connectivity index (χ0) is 94.0. The summed E-state index contributed by atoms with van der Waals surface area (Å²) in [5.74, 6) is -2.70. The quantitative estimate of drug-likeness (QED) is 0.0235. The number of H-pyrrole nitrogens is 4. The average Bonchev–Trinajstić information content (AvgIpc) is 1.66. The van der Waals surface area contributed by atoms with Crippen molar-refractivity contribution in [2.45, 2.75) is 115 Å². The van der Waals surface area contributed by atoms with E-state index in [1.165, 1.54) is 24.3 Å². The van der Waals surface area contributed by atoms with Gasteiger partial charge in [-0.2, -0.15) is 0 Å². The van der Waals surface area contributed by atoms with Crippen molar-refractivity contribution in [3.63, 3.8) is 0 Å². The summed E-state index contributed by atoms with van der Waals surface area (Å²) in [6.07, 6.45) is 7.67. The number of allylic oxidation sites excluding steroid dienone is 1. The number of aromatic amines is 4. The third kappa shape index (κ3) is 24.5. The number of aryl methyl sites for hydroxylation is 5. The molecule has 4 amide bonds. The average molecular weight is 2120 g/mol. The molecule has 32 heteroatoms. The summed E-state index contributed by atoms with van der Waals surface area (Å²) in [6.45, 7) is 13.7. The van der Waals surface area contributed by atoms with Crippen LogP contribution in [0, 0.1) is 34.6 Å². The van der Waals surface area contributed by atoms with Crippen LogP contribution in [0.2, 0.25) is 19.4 Å². The highest BCUT2D eigenvalue weighted by atomic mass is 79.9. The standard InChI is InChI=1S/C30H25ClN2O3S.C26H25BrN2O3S.C22H24BrClN2O3S.C21H15BrCl2N2O3S2/c1-19-8-13-25(14-9-19)37(35,36)33-30(34)24-12-15-29-27(17-24)26(20(2)32-29)16-23-11-10-22(18-28(23)31)21-6-4-3-5-7-21;1-3-4-7-14-33(31,32)29-26(30)20-12-13-24-23(16-20)22(17(2)28-24)15-19-11-10-18-8-5-6-9-21(18)25(19)27;1-3-4-5-10-30(28,29)26-22(27)16-7-9-21-19(12-16)18(14(2)25-21)11-15-6-8-17(23)13-20(15)24;1-11-15(8-12-2-4-14(22)10-17(12)23)16-9-13(3-5-18(16)25-11)21(27)26-31(28,29)20-7-6-19(24)30-20/h3-15,17-18,32H,16H2,1-2H3,(H,33,34);5-14,16,28H,3-4,15H2,1-2H3,(H,29,30);6-9,12-13,25H,3-5,10-11H2,1-2H3,(H,26,27);2-7,9-10,25H,8H2,1H3,(H,26,27)/b;14-7+;;. The molecule has 0 saturated heterocycles. The molecule has 0 spiro atoms. The van der Waals surface area contributed by atoms with Crippen molar-refractivity contribution in [2.24, 2.45) is 0 Å². The van der Waals surface area contributed by atoms with Crippen LogP contribution >= 0.6 is 106 Å². The Morgan fingerprint density at radius 1 is 0.389 bits per heavy atom. The van der Waals surface area contributed by atoms with Gasteiger partial charge in [0.2, 0.25) is 10.0 Å². The SMILES string of the molecule is CCC/C=C/S(=O)(=O)NC(=O)c1ccc2[nH]c(C)c(Cc3ccc4ccccc4c3Br)c2c1.CCCCCS(=O)(=O)NC(=O)c1ccc2[nH]c(C)c(Cc3ccc(Br)cc3Cl)c2c1.Cc1[nH]c2ccc(C(=O)NS(=O)(=O)c3ccc(Cl)s3)cc2c1Cc1ccc(Br)cc1Cl.Cc1ccc(S(=O)(=O)NC(=O)c2ccc3[nH]c(C)c(Cc4ccc(-c5ccccc5)cc4Cl)c3c2)cc1. The number of fused-ring (bicyclic) bond motifs is 5. The van der Waals surface area contributed by atoms with Crippen LogP contribution in [0.3, 0.4) is 0 Å². The van der Waals surface area contributed by atoms with Gasteiger partial charge in [0.1, 0.15) is 4.21 Å². The third-order valence-electron chi connectivity index (χ3n) is 22.0. The lowest BCUT2D eigenvalue weighted by molar-refractivity contribution is 0.0972. The van der Waals surface area contributed by atoms with E-state index in [0.717, 1.165) is 188 Å². The predicted octanol–water partition coefficient (Wildman–Crippen LogP) is 25.2. The minimum absolute atomic E-state index is 0.0185. The van der Waals surface area contributed by atoms with Gasteiger partial charge in [-0.1, -0.05) is 226 Å². The maximum absolute atomic E-state index is 12.9. The normalized spacial score (nSPS) is 11.8. The Morgan fingerprint density at radius 3 is 1.25 bits per heavy atom. The predicted molar refractivity (Wildman–Crippen MR) is 541 cm³/mol. The second kappa shape index (κ2) is 42.6. The second-order valence-corrected chi connectivity index (χ2v) is 44.0. The Kier molecular flexibility index (Phi) is 31.9. The van der Waals surface area contributed by atoms with E-state index in [2.05, 4.69) is 117 Å². The van der Waals surface area contributed by atoms with E-state index in [-0.39, 0.29) is 26.0 Å². The molecule has 0 unspecified atom stereocenters. The molecular weight excluding hydrogens is 2030 g/mol. The van der Waals surface area contributed by atoms with E-state index in [9.17, 15) is 52.8 Å². The van der Waals surface area contributed by atoms with Crippen LogP contribution in [-0.2, 0) is 65.8 Å². The number of amides is 4. The zero-order valence-electron chi connectivity index (χ0n) is 71.8. The Bertz CT molecular complexity index is 7610. The number of sulfonamides is 4. The summed E-state index contributed by atoms with van der Waals surface area (Å²) < 4.78 is 111. The van der Waals surface area contributed by atoms with Crippen LogP contribution in [0.25, 0.3) is 65.5 Å². The molecule has 5 heterocycles. The fourth-order valence-electron chi connectivity index (χ4n) is 15.0. The molecule has 16 rings (SSSR count). The van der Waals surface area contributed by atoms with Gasteiger partial charge in [-0.25, -0.2) is 52.6 Å². The Hall–Kier alpha value is -10.4. The number of thiophene rings is 1. The number of hydrogen-bond acceptors (Lipinski definition) is 13. The first-order valence-electron chi connectivity index (χ1n) is 41.4. The Morgan fingerprint density at radius 2 is 0.809 bits per heavy atom. The maximum Gasteiger partial charge on any atom is 0.273 e. The first-order valence-corrected chi connectivity index (χ1v) is 52.3.